The zero-order valence-electron chi connectivity index (χ0n) is 11.1. The van der Waals surface area contributed by atoms with Gasteiger partial charge in [0.15, 0.2) is 0 Å². The Labute approximate surface area is 122 Å². The van der Waals surface area contributed by atoms with Crippen LogP contribution in [0.15, 0.2) is 29.3 Å². The Bertz CT molecular complexity index is 774. The number of aryl methyl sites for hydroxylation is 1. The minimum atomic E-state index is -4.73. The van der Waals surface area contributed by atoms with Crippen LogP contribution in [0.1, 0.15) is 5.56 Å². The van der Waals surface area contributed by atoms with Crippen LogP contribution >= 0.6 is 0 Å². The van der Waals surface area contributed by atoms with Gasteiger partial charge in [-0.3, -0.25) is 5.10 Å². The first-order chi connectivity index (χ1) is 10.2. The maximum absolute atomic E-state index is 12.6. The van der Waals surface area contributed by atoms with Gasteiger partial charge in [-0.05, 0) is 30.2 Å². The molecule has 1 aromatic heterocycles. The largest absolute Gasteiger partial charge is 0.415 e. The lowest BCUT2D eigenvalue weighted by molar-refractivity contribution is -0.0524. The monoisotopic (exact) mass is 338 g/mol. The summed E-state index contributed by atoms with van der Waals surface area (Å²) in [6, 6.07) is 3.48. The van der Waals surface area contributed by atoms with E-state index in [2.05, 4.69) is 14.9 Å². The summed E-state index contributed by atoms with van der Waals surface area (Å²) in [6.45, 7) is -1.76. The average molecular weight is 338 g/mol. The molecule has 0 bridgehead atoms. The third-order valence-corrected chi connectivity index (χ3v) is 4.37. The van der Waals surface area contributed by atoms with E-state index in [0.29, 0.717) is 5.56 Å². The number of benzene rings is 1. The van der Waals surface area contributed by atoms with Gasteiger partial charge in [-0.25, -0.2) is 8.42 Å². The minimum absolute atomic E-state index is 0.0574. The lowest BCUT2D eigenvalue weighted by Gasteiger charge is -2.09. The highest BCUT2D eigenvalue weighted by Gasteiger charge is 2.28. The molecule has 2 aromatic rings. The number of rotatable bonds is 5. The van der Waals surface area contributed by atoms with Crippen molar-refractivity contribution in [2.45, 2.75) is 24.2 Å². The molecule has 1 heterocycles. The molecule has 0 unspecified atom stereocenters. The Kier molecular flexibility index (Phi) is 4.40. The van der Waals surface area contributed by atoms with Crippen LogP contribution in [0, 0.1) is 6.92 Å². The molecule has 1 N–H and O–H groups in total. The van der Waals surface area contributed by atoms with E-state index in [1.54, 1.807) is 0 Å². The van der Waals surface area contributed by atoms with Crippen molar-refractivity contribution in [3.63, 3.8) is 0 Å². The highest BCUT2D eigenvalue weighted by molar-refractivity contribution is 7.91. The molecule has 0 saturated carbocycles. The van der Waals surface area contributed by atoms with E-state index in [-0.39, 0.29) is 17.0 Å². The molecule has 0 aliphatic heterocycles. The SMILES string of the molecule is Cc1cc(-c2c[nH]nc2OC(F)F)ccc1S(=O)(=O)C(F)F. The zero-order chi connectivity index (χ0) is 16.5. The Morgan fingerprint density at radius 1 is 1.23 bits per heavy atom. The maximum Gasteiger partial charge on any atom is 0.388 e. The van der Waals surface area contributed by atoms with Gasteiger partial charge in [-0.1, -0.05) is 6.07 Å². The molecule has 0 spiro atoms. The van der Waals surface area contributed by atoms with E-state index in [1.807, 2.05) is 0 Å². The number of nitrogens with zero attached hydrogens (tertiary/aromatic N) is 1. The number of aromatic amines is 1. The fourth-order valence-electron chi connectivity index (χ4n) is 1.89. The standard InChI is InChI=1S/C12H10F4N2O3S/c1-6-4-7(2-3-9(6)22(19,20)12(15)16)8-5-17-18-10(8)21-11(13)14/h2-5,11-12H,1H3,(H,17,18). The summed E-state index contributed by atoms with van der Waals surface area (Å²) in [4.78, 5) is -0.522. The van der Waals surface area contributed by atoms with Crippen LogP contribution in [-0.2, 0) is 9.84 Å². The molecule has 0 saturated heterocycles. The van der Waals surface area contributed by atoms with Crippen molar-refractivity contribution in [3.05, 3.63) is 30.0 Å². The fourth-order valence-corrected chi connectivity index (χ4v) is 2.85. The number of hydrogen-bond acceptors (Lipinski definition) is 4. The fraction of sp³-hybridized carbons (Fsp3) is 0.250. The van der Waals surface area contributed by atoms with E-state index in [1.165, 1.54) is 25.3 Å². The van der Waals surface area contributed by atoms with E-state index in [4.69, 9.17) is 0 Å². The minimum Gasteiger partial charge on any atom is -0.415 e. The summed E-state index contributed by atoms with van der Waals surface area (Å²) in [5.41, 5.74) is 0.515. The molecule has 10 heteroatoms. The maximum atomic E-state index is 12.6. The van der Waals surface area contributed by atoms with E-state index in [0.717, 1.165) is 6.07 Å². The van der Waals surface area contributed by atoms with Gasteiger partial charge in [0, 0.05) is 6.20 Å². The summed E-state index contributed by atoms with van der Waals surface area (Å²) in [5.74, 6) is -3.91. The first-order valence-corrected chi connectivity index (χ1v) is 7.39. The summed E-state index contributed by atoms with van der Waals surface area (Å²) in [6.07, 6.45) is 1.27. The molecule has 0 aliphatic rings. The van der Waals surface area contributed by atoms with Crippen molar-refractivity contribution in [1.82, 2.24) is 10.2 Å². The van der Waals surface area contributed by atoms with Crippen LogP contribution in [-0.4, -0.2) is 31.0 Å². The van der Waals surface area contributed by atoms with Crippen LogP contribution < -0.4 is 4.74 Å². The highest BCUT2D eigenvalue weighted by atomic mass is 32.2. The second-order valence-electron chi connectivity index (χ2n) is 4.27. The highest BCUT2D eigenvalue weighted by Crippen LogP contribution is 2.32. The van der Waals surface area contributed by atoms with Crippen LogP contribution in [0.25, 0.3) is 11.1 Å². The molecule has 1 aromatic carbocycles. The van der Waals surface area contributed by atoms with Gasteiger partial charge >= 0.3 is 12.4 Å². The topological polar surface area (TPSA) is 72.0 Å². The van der Waals surface area contributed by atoms with Gasteiger partial charge in [0.1, 0.15) is 0 Å². The first kappa shape index (κ1) is 16.3. The summed E-state index contributed by atoms with van der Waals surface area (Å²) < 4.78 is 76.7. The molecule has 2 rings (SSSR count). The number of H-pyrrole nitrogens is 1. The summed E-state index contributed by atoms with van der Waals surface area (Å²) in [5, 5.41) is 5.83. The summed E-state index contributed by atoms with van der Waals surface area (Å²) >= 11 is 0. The smallest absolute Gasteiger partial charge is 0.388 e. The predicted molar refractivity (Wildman–Crippen MR) is 68.6 cm³/mol. The third kappa shape index (κ3) is 3.06. The van der Waals surface area contributed by atoms with Gasteiger partial charge < -0.3 is 4.74 Å². The zero-order valence-corrected chi connectivity index (χ0v) is 11.9. The molecule has 0 atom stereocenters. The predicted octanol–water partition coefficient (Wildman–Crippen LogP) is 2.98. The van der Waals surface area contributed by atoms with Gasteiger partial charge in [0.25, 0.3) is 0 Å². The number of sulfone groups is 1. The number of alkyl halides is 4. The Morgan fingerprint density at radius 2 is 1.91 bits per heavy atom. The van der Waals surface area contributed by atoms with Crippen molar-refractivity contribution in [3.8, 4) is 17.0 Å². The van der Waals surface area contributed by atoms with Gasteiger partial charge in [0.2, 0.25) is 15.7 Å². The van der Waals surface area contributed by atoms with Gasteiger partial charge in [-0.2, -0.15) is 17.6 Å². The number of hydrogen-bond donors (Lipinski definition) is 1. The normalized spacial score (nSPS) is 12.1. The second-order valence-corrected chi connectivity index (χ2v) is 6.15. The molecule has 120 valence electrons. The molecule has 0 aliphatic carbocycles. The van der Waals surface area contributed by atoms with Crippen molar-refractivity contribution < 1.29 is 30.7 Å². The third-order valence-electron chi connectivity index (χ3n) is 2.83. The van der Waals surface area contributed by atoms with E-state index in [9.17, 15) is 26.0 Å². The second kappa shape index (κ2) is 5.95. The molecule has 0 fully saturated rings. The number of aromatic nitrogens is 2. The Balaban J connectivity index is 2.45. The lowest BCUT2D eigenvalue weighted by atomic mass is 10.1. The number of halogens is 4. The van der Waals surface area contributed by atoms with E-state index < -0.39 is 27.1 Å². The Morgan fingerprint density at radius 3 is 2.45 bits per heavy atom. The van der Waals surface area contributed by atoms with Crippen molar-refractivity contribution in [2.75, 3.05) is 0 Å². The van der Waals surface area contributed by atoms with Crippen LogP contribution in [0.3, 0.4) is 0 Å². The molecule has 22 heavy (non-hydrogen) atoms. The quantitative estimate of drug-likeness (QED) is 0.851. The van der Waals surface area contributed by atoms with Gasteiger partial charge in [-0.15, -0.1) is 5.10 Å². The van der Waals surface area contributed by atoms with Crippen molar-refractivity contribution in [1.29, 1.82) is 0 Å². The Hall–Kier alpha value is -2.10. The van der Waals surface area contributed by atoms with Crippen molar-refractivity contribution >= 4 is 9.84 Å². The van der Waals surface area contributed by atoms with Crippen LogP contribution in [0.5, 0.6) is 5.88 Å². The van der Waals surface area contributed by atoms with Crippen LogP contribution in [0.2, 0.25) is 0 Å². The first-order valence-electron chi connectivity index (χ1n) is 5.85. The summed E-state index contributed by atoms with van der Waals surface area (Å²) in [7, 11) is -4.73. The molecular formula is C12H10F4N2O3S. The molecule has 5 nitrogen and oxygen atoms in total. The van der Waals surface area contributed by atoms with E-state index >= 15 is 0 Å². The lowest BCUT2D eigenvalue weighted by Crippen LogP contribution is -2.12. The van der Waals surface area contributed by atoms with Gasteiger partial charge in [0.05, 0.1) is 10.5 Å². The van der Waals surface area contributed by atoms with Crippen molar-refractivity contribution in [2.24, 2.45) is 0 Å². The molecular weight excluding hydrogens is 328 g/mol. The number of ether oxygens (including phenoxy) is 1. The molecule has 0 amide bonds. The molecule has 0 radical (unpaired) electrons. The average Bonchev–Trinajstić information content (AvgIpc) is 2.85. The number of nitrogens with one attached hydrogen (secondary N) is 1. The van der Waals surface area contributed by atoms with Crippen LogP contribution in [0.4, 0.5) is 17.6 Å².